The first-order valence-corrected chi connectivity index (χ1v) is 7.39. The van der Waals surface area contributed by atoms with E-state index in [1.807, 2.05) is 25.1 Å². The number of ether oxygens (including phenoxy) is 1. The molecule has 117 valence electrons. The van der Waals surface area contributed by atoms with Crippen molar-refractivity contribution in [3.05, 3.63) is 36.4 Å². The molecular formula is C17H27N2O2. The van der Waals surface area contributed by atoms with Crippen LogP contribution in [0.4, 0.5) is 5.69 Å². The molecule has 2 N–H and O–H groups in total. The molecule has 4 heteroatoms. The summed E-state index contributed by atoms with van der Waals surface area (Å²) in [4.78, 5) is 0. The van der Waals surface area contributed by atoms with Crippen molar-refractivity contribution in [2.45, 2.75) is 32.9 Å². The fraction of sp³-hybridized carbons (Fsp3) is 0.529. The number of aliphatic hydroxyl groups is 1. The van der Waals surface area contributed by atoms with Crippen molar-refractivity contribution < 1.29 is 9.84 Å². The maximum atomic E-state index is 9.43. The quantitative estimate of drug-likeness (QED) is 0.515. The Morgan fingerprint density at radius 2 is 2.19 bits per heavy atom. The lowest BCUT2D eigenvalue weighted by Gasteiger charge is -2.18. The second kappa shape index (κ2) is 9.42. The van der Waals surface area contributed by atoms with E-state index in [-0.39, 0.29) is 6.10 Å². The third-order valence-electron chi connectivity index (χ3n) is 3.24. The zero-order valence-electron chi connectivity index (χ0n) is 13.3. The van der Waals surface area contributed by atoms with Crippen LogP contribution < -0.4 is 15.4 Å². The summed E-state index contributed by atoms with van der Waals surface area (Å²) in [5.74, 6) is 1.22. The standard InChI is InChI=1S/C17H27N2O2/c1-5-8-18-12-15-6-7-16(21-4)10-17(15)19-11-13(2)9-14(3)20/h5-7,10,13-14,19-20H,1,8-9,11-12H2,2-4H3. The largest absolute Gasteiger partial charge is 0.497 e. The van der Waals surface area contributed by atoms with Gasteiger partial charge in [0.15, 0.2) is 0 Å². The summed E-state index contributed by atoms with van der Waals surface area (Å²) in [6, 6.07) is 5.98. The third-order valence-corrected chi connectivity index (χ3v) is 3.24. The summed E-state index contributed by atoms with van der Waals surface area (Å²) in [6.45, 7) is 9.75. The van der Waals surface area contributed by atoms with Crippen molar-refractivity contribution >= 4 is 5.69 Å². The van der Waals surface area contributed by atoms with Crippen LogP contribution >= 0.6 is 0 Å². The molecule has 1 rings (SSSR count). The number of nitrogens with one attached hydrogen (secondary N) is 1. The van der Waals surface area contributed by atoms with E-state index in [1.54, 1.807) is 13.2 Å². The van der Waals surface area contributed by atoms with Crippen LogP contribution in [0.2, 0.25) is 0 Å². The van der Waals surface area contributed by atoms with Crippen LogP contribution in [0.1, 0.15) is 25.8 Å². The molecule has 1 radical (unpaired) electrons. The molecule has 1 aromatic rings. The average Bonchev–Trinajstić information content (AvgIpc) is 2.45. The van der Waals surface area contributed by atoms with Crippen molar-refractivity contribution in [1.29, 1.82) is 0 Å². The number of hydrogen-bond acceptors (Lipinski definition) is 3. The molecular weight excluding hydrogens is 264 g/mol. The van der Waals surface area contributed by atoms with E-state index in [2.05, 4.69) is 24.1 Å². The average molecular weight is 291 g/mol. The normalized spacial score (nSPS) is 13.5. The monoisotopic (exact) mass is 291 g/mol. The first kappa shape index (κ1) is 17.5. The van der Waals surface area contributed by atoms with E-state index in [0.717, 1.165) is 30.0 Å². The van der Waals surface area contributed by atoms with Crippen molar-refractivity contribution in [1.82, 2.24) is 5.32 Å². The minimum atomic E-state index is -0.269. The first-order valence-electron chi connectivity index (χ1n) is 7.39. The zero-order chi connectivity index (χ0) is 15.7. The summed E-state index contributed by atoms with van der Waals surface area (Å²) in [6.07, 6.45) is 2.31. The molecule has 0 fully saturated rings. The van der Waals surface area contributed by atoms with Crippen LogP contribution in [0.15, 0.2) is 30.9 Å². The molecule has 0 aromatic heterocycles. The Morgan fingerprint density at radius 3 is 2.81 bits per heavy atom. The number of aliphatic hydroxyl groups excluding tert-OH is 1. The van der Waals surface area contributed by atoms with Gasteiger partial charge in [-0.25, -0.2) is 5.32 Å². The highest BCUT2D eigenvalue weighted by Crippen LogP contribution is 2.23. The Bertz CT molecular complexity index is 433. The van der Waals surface area contributed by atoms with E-state index in [4.69, 9.17) is 4.74 Å². The van der Waals surface area contributed by atoms with Gasteiger partial charge in [-0.3, -0.25) is 0 Å². The summed E-state index contributed by atoms with van der Waals surface area (Å²) >= 11 is 0. The van der Waals surface area contributed by atoms with Gasteiger partial charge in [-0.2, -0.15) is 0 Å². The Labute approximate surface area is 128 Å². The van der Waals surface area contributed by atoms with Crippen LogP contribution in [-0.2, 0) is 6.54 Å². The van der Waals surface area contributed by atoms with Gasteiger partial charge in [0.1, 0.15) is 5.75 Å². The van der Waals surface area contributed by atoms with E-state index in [0.29, 0.717) is 19.0 Å². The number of rotatable bonds is 10. The van der Waals surface area contributed by atoms with E-state index >= 15 is 0 Å². The van der Waals surface area contributed by atoms with Crippen molar-refractivity contribution in [3.63, 3.8) is 0 Å². The highest BCUT2D eigenvalue weighted by Gasteiger charge is 2.09. The summed E-state index contributed by atoms with van der Waals surface area (Å²) in [5, 5.41) is 17.3. The van der Waals surface area contributed by atoms with Crippen molar-refractivity contribution in [2.75, 3.05) is 25.5 Å². The van der Waals surface area contributed by atoms with Crippen LogP contribution in [0.25, 0.3) is 0 Å². The van der Waals surface area contributed by atoms with Crippen LogP contribution in [0.3, 0.4) is 0 Å². The van der Waals surface area contributed by atoms with Gasteiger partial charge < -0.3 is 15.2 Å². The molecule has 0 saturated carbocycles. The third kappa shape index (κ3) is 6.65. The van der Waals surface area contributed by atoms with Gasteiger partial charge in [0.05, 0.1) is 13.2 Å². The summed E-state index contributed by atoms with van der Waals surface area (Å²) in [7, 11) is 1.66. The van der Waals surface area contributed by atoms with Crippen molar-refractivity contribution in [2.24, 2.45) is 5.92 Å². The smallest absolute Gasteiger partial charge is 0.120 e. The van der Waals surface area contributed by atoms with Gasteiger partial charge in [-0.15, -0.1) is 6.58 Å². The van der Waals surface area contributed by atoms with Gasteiger partial charge in [0.25, 0.3) is 0 Å². The van der Waals surface area contributed by atoms with Crippen LogP contribution in [0.5, 0.6) is 5.75 Å². The topological polar surface area (TPSA) is 55.6 Å². The second-order valence-corrected chi connectivity index (χ2v) is 5.45. The molecule has 2 atom stereocenters. The van der Waals surface area contributed by atoms with Crippen LogP contribution in [-0.4, -0.2) is 31.4 Å². The van der Waals surface area contributed by atoms with Gasteiger partial charge in [0.2, 0.25) is 0 Å². The molecule has 0 amide bonds. The maximum absolute atomic E-state index is 9.43. The van der Waals surface area contributed by atoms with Crippen LogP contribution in [0, 0.1) is 5.92 Å². The Kier molecular flexibility index (Phi) is 7.87. The van der Waals surface area contributed by atoms with Gasteiger partial charge in [-0.1, -0.05) is 19.1 Å². The fourth-order valence-corrected chi connectivity index (χ4v) is 2.21. The fourth-order valence-electron chi connectivity index (χ4n) is 2.21. The molecule has 2 unspecified atom stereocenters. The minimum Gasteiger partial charge on any atom is -0.497 e. The Morgan fingerprint density at radius 1 is 1.43 bits per heavy atom. The highest BCUT2D eigenvalue weighted by atomic mass is 16.5. The number of methoxy groups -OCH3 is 1. The molecule has 0 aliphatic rings. The molecule has 0 heterocycles. The van der Waals surface area contributed by atoms with E-state index in [1.165, 1.54) is 0 Å². The Hall–Kier alpha value is -1.52. The first-order chi connectivity index (χ1) is 10.1. The maximum Gasteiger partial charge on any atom is 0.120 e. The van der Waals surface area contributed by atoms with Gasteiger partial charge in [-0.05, 0) is 30.9 Å². The highest BCUT2D eigenvalue weighted by molar-refractivity contribution is 5.55. The van der Waals surface area contributed by atoms with Crippen molar-refractivity contribution in [3.8, 4) is 5.75 Å². The molecule has 0 saturated heterocycles. The predicted molar refractivity (Wildman–Crippen MR) is 87.8 cm³/mol. The van der Waals surface area contributed by atoms with E-state index in [9.17, 15) is 5.11 Å². The molecule has 1 aromatic carbocycles. The Balaban J connectivity index is 2.69. The lowest BCUT2D eigenvalue weighted by molar-refractivity contribution is 0.166. The lowest BCUT2D eigenvalue weighted by atomic mass is 10.0. The predicted octanol–water partition coefficient (Wildman–Crippen LogP) is 2.80. The minimum absolute atomic E-state index is 0.269. The van der Waals surface area contributed by atoms with E-state index < -0.39 is 0 Å². The molecule has 21 heavy (non-hydrogen) atoms. The molecule has 0 aliphatic heterocycles. The van der Waals surface area contributed by atoms with Gasteiger partial charge in [0, 0.05) is 31.4 Å². The number of hydrogen-bond donors (Lipinski definition) is 2. The zero-order valence-corrected chi connectivity index (χ0v) is 13.3. The van der Waals surface area contributed by atoms with Gasteiger partial charge >= 0.3 is 0 Å². The molecule has 4 nitrogen and oxygen atoms in total. The molecule has 0 spiro atoms. The summed E-state index contributed by atoms with van der Waals surface area (Å²) < 4.78 is 5.28. The summed E-state index contributed by atoms with van der Waals surface area (Å²) in [5.41, 5.74) is 2.18. The SMILES string of the molecule is C=CC[N]Cc1ccc(OC)cc1NCC(C)CC(C)O. The lowest BCUT2D eigenvalue weighted by Crippen LogP contribution is -2.17. The number of benzene rings is 1. The number of nitrogens with zero attached hydrogens (tertiary/aromatic N) is 1. The number of anilines is 1. The molecule has 0 bridgehead atoms. The molecule has 0 aliphatic carbocycles. The second-order valence-electron chi connectivity index (χ2n) is 5.45.